The minimum Gasteiger partial charge on any atom is -0.335 e. The second kappa shape index (κ2) is 8.20. The van der Waals surface area contributed by atoms with Crippen molar-refractivity contribution in [3.8, 4) is 0 Å². The molecule has 2 aliphatic heterocycles. The van der Waals surface area contributed by atoms with E-state index in [0.717, 1.165) is 23.7 Å². The summed E-state index contributed by atoms with van der Waals surface area (Å²) in [6.07, 6.45) is 3.47. The van der Waals surface area contributed by atoms with Gasteiger partial charge >= 0.3 is 0 Å². The standard InChI is InChI=1S/C25H28N6O4S/c1-29(2)10-5-11-31(36(34,35)19-9-8-16-6-3-4-7-17(16)12-19)25-20-15-30(22(25)21(20)25)24-26-13-18(14-27-24)23(32)28-33/h3-4,6-9,12-14,20-22,33H,5,10-11,15H2,1-2H3,(H,28,32). The number of hydrogen-bond donors (Lipinski definition) is 2. The third kappa shape index (κ3) is 3.34. The van der Waals surface area contributed by atoms with Crippen LogP contribution >= 0.6 is 0 Å². The van der Waals surface area contributed by atoms with Gasteiger partial charge in [-0.25, -0.2) is 23.9 Å². The molecular formula is C25H28N6O4S. The molecule has 3 aromatic rings. The molecule has 1 aromatic heterocycles. The molecule has 36 heavy (non-hydrogen) atoms. The first-order chi connectivity index (χ1) is 17.3. The Balaban J connectivity index is 1.30. The van der Waals surface area contributed by atoms with Crippen LogP contribution in [0.15, 0.2) is 59.8 Å². The molecule has 2 aromatic carbocycles. The predicted molar refractivity (Wildman–Crippen MR) is 133 cm³/mol. The van der Waals surface area contributed by atoms with Gasteiger partial charge in [0.2, 0.25) is 16.0 Å². The number of hydroxylamine groups is 1. The largest absolute Gasteiger partial charge is 0.335 e. The molecule has 4 fully saturated rings. The highest BCUT2D eigenvalue weighted by atomic mass is 32.2. The van der Waals surface area contributed by atoms with E-state index >= 15 is 0 Å². The molecule has 4 aliphatic rings. The number of amides is 1. The first-order valence-electron chi connectivity index (χ1n) is 12.0. The summed E-state index contributed by atoms with van der Waals surface area (Å²) >= 11 is 0. The van der Waals surface area contributed by atoms with Gasteiger partial charge in [-0.1, -0.05) is 30.3 Å². The number of carbonyl (C=O) groups is 1. The van der Waals surface area contributed by atoms with Crippen LogP contribution in [0.25, 0.3) is 10.8 Å². The van der Waals surface area contributed by atoms with E-state index in [9.17, 15) is 13.2 Å². The van der Waals surface area contributed by atoms with E-state index in [-0.39, 0.29) is 23.4 Å². The van der Waals surface area contributed by atoms with Crippen LogP contribution in [-0.2, 0) is 10.0 Å². The van der Waals surface area contributed by atoms with Crippen molar-refractivity contribution < 1.29 is 18.4 Å². The van der Waals surface area contributed by atoms with E-state index < -0.39 is 21.5 Å². The lowest BCUT2D eigenvalue weighted by Crippen LogP contribution is -2.43. The number of anilines is 1. The molecule has 2 bridgehead atoms. The highest BCUT2D eigenvalue weighted by molar-refractivity contribution is 7.89. The highest BCUT2D eigenvalue weighted by Gasteiger charge is 2.96. The minimum atomic E-state index is -3.73. The second-order valence-corrected chi connectivity index (χ2v) is 11.9. The number of carbonyl (C=O) groups excluding carboxylic acids is 1. The zero-order chi connectivity index (χ0) is 25.2. The Labute approximate surface area is 209 Å². The van der Waals surface area contributed by atoms with Crippen molar-refractivity contribution in [2.24, 2.45) is 11.8 Å². The SMILES string of the molecule is CN(C)CCCN(C12C3CN(c4ncc(C(=O)NO)cn4)C1C32)S(=O)(=O)c1ccc2ccccc2c1. The number of aromatic nitrogens is 2. The van der Waals surface area contributed by atoms with Gasteiger partial charge in [0.05, 0.1) is 22.0 Å². The van der Waals surface area contributed by atoms with E-state index in [2.05, 4.69) is 19.8 Å². The molecule has 0 spiro atoms. The Morgan fingerprint density at radius 2 is 1.86 bits per heavy atom. The summed E-state index contributed by atoms with van der Waals surface area (Å²) in [5.74, 6) is 0.290. The Kier molecular flexibility index (Phi) is 5.31. The second-order valence-electron chi connectivity index (χ2n) is 10.1. The lowest BCUT2D eigenvalue weighted by Gasteiger charge is -2.28. The van der Waals surface area contributed by atoms with Crippen LogP contribution in [0, 0.1) is 11.8 Å². The fourth-order valence-corrected chi connectivity index (χ4v) is 8.03. The summed E-state index contributed by atoms with van der Waals surface area (Å²) < 4.78 is 29.9. The number of sulfonamides is 1. The molecule has 2 saturated carbocycles. The van der Waals surface area contributed by atoms with Gasteiger partial charge in [0.25, 0.3) is 5.91 Å². The molecule has 10 nitrogen and oxygen atoms in total. The lowest BCUT2D eigenvalue weighted by molar-refractivity contribution is 0.0705. The number of benzene rings is 2. The fraction of sp³-hybridized carbons (Fsp3) is 0.400. The third-order valence-corrected chi connectivity index (χ3v) is 9.78. The maximum atomic E-state index is 14.1. The van der Waals surface area contributed by atoms with Crippen LogP contribution in [0.4, 0.5) is 5.95 Å². The topological polar surface area (TPSA) is 119 Å². The van der Waals surface area contributed by atoms with Gasteiger partial charge in [0.1, 0.15) is 0 Å². The van der Waals surface area contributed by atoms with Crippen LogP contribution in [0.1, 0.15) is 16.8 Å². The Morgan fingerprint density at radius 3 is 2.53 bits per heavy atom. The van der Waals surface area contributed by atoms with Crippen LogP contribution in [0.3, 0.4) is 0 Å². The molecule has 2 N–H and O–H groups in total. The molecule has 7 rings (SSSR count). The van der Waals surface area contributed by atoms with Gasteiger partial charge in [-0.2, -0.15) is 4.31 Å². The fourth-order valence-electron chi connectivity index (χ4n) is 6.11. The molecule has 4 unspecified atom stereocenters. The van der Waals surface area contributed by atoms with E-state index in [1.54, 1.807) is 21.9 Å². The van der Waals surface area contributed by atoms with Crippen molar-refractivity contribution in [1.29, 1.82) is 0 Å². The summed E-state index contributed by atoms with van der Waals surface area (Å²) in [5, 5.41) is 10.7. The minimum absolute atomic E-state index is 0.0228. The first kappa shape index (κ1) is 23.3. The maximum absolute atomic E-state index is 14.1. The molecule has 0 radical (unpaired) electrons. The first-order valence-corrected chi connectivity index (χ1v) is 13.4. The van der Waals surface area contributed by atoms with E-state index in [1.807, 2.05) is 44.4 Å². The van der Waals surface area contributed by atoms with Crippen molar-refractivity contribution in [2.75, 3.05) is 38.6 Å². The molecule has 2 saturated heterocycles. The summed E-state index contributed by atoms with van der Waals surface area (Å²) in [7, 11) is 0.244. The molecule has 1 amide bonds. The van der Waals surface area contributed by atoms with E-state index in [0.29, 0.717) is 23.9 Å². The maximum Gasteiger partial charge on any atom is 0.277 e. The zero-order valence-electron chi connectivity index (χ0n) is 20.1. The van der Waals surface area contributed by atoms with Crippen molar-refractivity contribution >= 4 is 32.7 Å². The molecular weight excluding hydrogens is 480 g/mol. The zero-order valence-corrected chi connectivity index (χ0v) is 20.9. The Hall–Kier alpha value is -3.12. The monoisotopic (exact) mass is 508 g/mol. The summed E-state index contributed by atoms with van der Waals surface area (Å²) in [6, 6.07) is 13.1. The van der Waals surface area contributed by atoms with Crippen molar-refractivity contribution in [2.45, 2.75) is 22.9 Å². The van der Waals surface area contributed by atoms with E-state index in [4.69, 9.17) is 5.21 Å². The lowest BCUT2D eigenvalue weighted by atomic mass is 10.1. The smallest absolute Gasteiger partial charge is 0.277 e. The predicted octanol–water partition coefficient (Wildman–Crippen LogP) is 1.58. The summed E-state index contributed by atoms with van der Waals surface area (Å²) in [4.78, 5) is 24.7. The normalized spacial score (nSPS) is 25.9. The van der Waals surface area contributed by atoms with Gasteiger partial charge in [-0.05, 0) is 50.0 Å². The van der Waals surface area contributed by atoms with Crippen molar-refractivity contribution in [3.05, 3.63) is 60.4 Å². The molecule has 11 heteroatoms. The summed E-state index contributed by atoms with van der Waals surface area (Å²) in [5.41, 5.74) is 1.30. The Bertz CT molecular complexity index is 1440. The quantitative estimate of drug-likeness (QED) is 0.330. The van der Waals surface area contributed by atoms with Gasteiger partial charge in [-0.15, -0.1) is 0 Å². The molecule has 4 atom stereocenters. The van der Waals surface area contributed by atoms with Crippen LogP contribution in [0.2, 0.25) is 0 Å². The highest BCUT2D eigenvalue weighted by Crippen LogP contribution is 2.82. The van der Waals surface area contributed by atoms with Crippen LogP contribution in [-0.4, -0.2) is 84.0 Å². The van der Waals surface area contributed by atoms with Gasteiger partial charge in [0.15, 0.2) is 0 Å². The number of fused-ring (bicyclic) bond motifs is 2. The van der Waals surface area contributed by atoms with Crippen LogP contribution < -0.4 is 10.4 Å². The number of nitrogens with zero attached hydrogens (tertiary/aromatic N) is 5. The van der Waals surface area contributed by atoms with Gasteiger partial charge in [0, 0.05) is 37.3 Å². The van der Waals surface area contributed by atoms with E-state index in [1.165, 1.54) is 12.4 Å². The molecule has 3 heterocycles. The summed E-state index contributed by atoms with van der Waals surface area (Å²) in [6.45, 7) is 1.92. The third-order valence-electron chi connectivity index (χ3n) is 7.85. The van der Waals surface area contributed by atoms with Crippen molar-refractivity contribution in [3.63, 3.8) is 0 Å². The average Bonchev–Trinajstić information content (AvgIpc) is 3.60. The van der Waals surface area contributed by atoms with Crippen molar-refractivity contribution in [1.82, 2.24) is 24.7 Å². The number of rotatable bonds is 9. The van der Waals surface area contributed by atoms with Gasteiger partial charge in [-0.3, -0.25) is 10.0 Å². The number of nitrogens with one attached hydrogen (secondary N) is 1. The Morgan fingerprint density at radius 1 is 1.14 bits per heavy atom. The molecule has 2 aliphatic carbocycles. The number of hydrogen-bond acceptors (Lipinski definition) is 8. The average molecular weight is 509 g/mol. The van der Waals surface area contributed by atoms with Crippen LogP contribution in [0.5, 0.6) is 0 Å². The van der Waals surface area contributed by atoms with Gasteiger partial charge < -0.3 is 9.80 Å². The number of piperidine rings is 1. The molecule has 188 valence electrons.